The normalized spacial score (nSPS) is 22.2. The molecule has 2 N–H and O–H groups in total. The van der Waals surface area contributed by atoms with Crippen LogP contribution >= 0.6 is 0 Å². The van der Waals surface area contributed by atoms with Crippen LogP contribution in [0.2, 0.25) is 0 Å². The molecule has 1 heterocycles. The summed E-state index contributed by atoms with van der Waals surface area (Å²) < 4.78 is 27.5. The van der Waals surface area contributed by atoms with Gasteiger partial charge in [-0.2, -0.15) is 12.7 Å². The summed E-state index contributed by atoms with van der Waals surface area (Å²) in [7, 11) is -1.28. The monoisotopic (exact) mass is 249 g/mol. The van der Waals surface area contributed by atoms with Crippen LogP contribution in [0, 0.1) is 5.92 Å². The fraction of sp³-hybridized carbons (Fsp3) is 1.00. The Bertz CT molecular complexity index is 297. The molecule has 0 saturated carbocycles. The third-order valence-electron chi connectivity index (χ3n) is 3.33. The molecule has 5 nitrogen and oxygen atoms in total. The molecule has 0 radical (unpaired) electrons. The van der Waals surface area contributed by atoms with Crippen molar-refractivity contribution in [3.63, 3.8) is 0 Å². The van der Waals surface area contributed by atoms with Crippen LogP contribution in [-0.4, -0.2) is 45.4 Å². The minimum absolute atomic E-state index is 0.454. The maximum Gasteiger partial charge on any atom is 0.279 e. The van der Waals surface area contributed by atoms with E-state index in [1.165, 1.54) is 0 Å². The lowest BCUT2D eigenvalue weighted by atomic mass is 9.91. The van der Waals surface area contributed by atoms with Crippen LogP contribution in [-0.2, 0) is 10.2 Å². The third kappa shape index (κ3) is 3.41. The van der Waals surface area contributed by atoms with Crippen molar-refractivity contribution >= 4 is 10.2 Å². The molecule has 0 aromatic rings. The number of hydrogen-bond donors (Lipinski definition) is 2. The third-order valence-corrected chi connectivity index (χ3v) is 5.03. The van der Waals surface area contributed by atoms with Gasteiger partial charge in [0.2, 0.25) is 0 Å². The van der Waals surface area contributed by atoms with Gasteiger partial charge in [-0.15, -0.1) is 0 Å². The zero-order chi connectivity index (χ0) is 12.2. The highest BCUT2D eigenvalue weighted by molar-refractivity contribution is 7.87. The van der Waals surface area contributed by atoms with Crippen molar-refractivity contribution in [2.45, 2.75) is 32.7 Å². The second-order valence-electron chi connectivity index (χ2n) is 4.32. The van der Waals surface area contributed by atoms with Gasteiger partial charge in [-0.25, -0.2) is 4.72 Å². The average Bonchev–Trinajstić information content (AvgIpc) is 2.28. The largest absolute Gasteiger partial charge is 0.317 e. The minimum Gasteiger partial charge on any atom is -0.317 e. The number of nitrogens with zero attached hydrogens (tertiary/aromatic N) is 1. The maximum atomic E-state index is 11.7. The van der Waals surface area contributed by atoms with Crippen molar-refractivity contribution in [1.29, 1.82) is 0 Å². The molecule has 0 bridgehead atoms. The molecule has 1 aliphatic rings. The highest BCUT2D eigenvalue weighted by atomic mass is 32.2. The Morgan fingerprint density at radius 3 is 2.38 bits per heavy atom. The quantitative estimate of drug-likeness (QED) is 0.730. The Labute approximate surface area is 98.8 Å². The van der Waals surface area contributed by atoms with Crippen molar-refractivity contribution in [2.75, 3.05) is 26.7 Å². The molecule has 0 amide bonds. The molecule has 16 heavy (non-hydrogen) atoms. The summed E-state index contributed by atoms with van der Waals surface area (Å²) in [6, 6.07) is 0.462. The Hall–Kier alpha value is -0.170. The Kier molecular flexibility index (Phi) is 5.17. The summed E-state index contributed by atoms with van der Waals surface area (Å²) >= 11 is 0. The van der Waals surface area contributed by atoms with Crippen LogP contribution in [0.25, 0.3) is 0 Å². The molecule has 0 aliphatic carbocycles. The molecule has 0 aromatic carbocycles. The van der Waals surface area contributed by atoms with Crippen molar-refractivity contribution < 1.29 is 8.42 Å². The van der Waals surface area contributed by atoms with Gasteiger partial charge in [0, 0.05) is 25.7 Å². The average molecular weight is 249 g/mol. The number of nitrogens with one attached hydrogen (secondary N) is 2. The lowest BCUT2D eigenvalue weighted by Gasteiger charge is -2.33. The SMILES string of the molecule is CCNS(=O)(=O)N1CCC(C(C)NC)CC1. The second kappa shape index (κ2) is 5.95. The molecule has 1 atom stereocenters. The summed E-state index contributed by atoms with van der Waals surface area (Å²) in [5.41, 5.74) is 0. The van der Waals surface area contributed by atoms with Gasteiger partial charge < -0.3 is 5.32 Å². The first-order chi connectivity index (χ1) is 7.51. The number of hydrogen-bond acceptors (Lipinski definition) is 3. The number of rotatable bonds is 5. The van der Waals surface area contributed by atoms with Gasteiger partial charge >= 0.3 is 0 Å². The van der Waals surface area contributed by atoms with Crippen molar-refractivity contribution in [2.24, 2.45) is 5.92 Å². The van der Waals surface area contributed by atoms with Crippen LogP contribution in [0.4, 0.5) is 0 Å². The highest BCUT2D eigenvalue weighted by Crippen LogP contribution is 2.21. The molecule has 1 fully saturated rings. The van der Waals surface area contributed by atoms with Crippen molar-refractivity contribution in [3.8, 4) is 0 Å². The predicted molar refractivity (Wildman–Crippen MR) is 65.4 cm³/mol. The zero-order valence-corrected chi connectivity index (χ0v) is 11.2. The molecule has 6 heteroatoms. The maximum absolute atomic E-state index is 11.7. The van der Waals surface area contributed by atoms with E-state index in [-0.39, 0.29) is 0 Å². The molecular formula is C10H23N3O2S. The minimum atomic E-state index is -3.23. The fourth-order valence-corrected chi connectivity index (χ4v) is 3.36. The topological polar surface area (TPSA) is 61.4 Å². The lowest BCUT2D eigenvalue weighted by molar-refractivity contribution is 0.235. The predicted octanol–water partition coefficient (Wildman–Crippen LogP) is 0.161. The summed E-state index contributed by atoms with van der Waals surface area (Å²) in [5, 5.41) is 3.23. The molecule has 1 unspecified atom stereocenters. The zero-order valence-electron chi connectivity index (χ0n) is 10.4. The second-order valence-corrected chi connectivity index (χ2v) is 6.07. The molecule has 96 valence electrons. The van der Waals surface area contributed by atoms with Crippen LogP contribution in [0.3, 0.4) is 0 Å². The summed E-state index contributed by atoms with van der Waals surface area (Å²) in [6.07, 6.45) is 1.87. The van der Waals surface area contributed by atoms with Crippen LogP contribution < -0.4 is 10.0 Å². The molecule has 0 spiro atoms. The van der Waals surface area contributed by atoms with Gasteiger partial charge in [0.15, 0.2) is 0 Å². The van der Waals surface area contributed by atoms with E-state index < -0.39 is 10.2 Å². The molecule has 1 rings (SSSR count). The highest BCUT2D eigenvalue weighted by Gasteiger charge is 2.29. The Morgan fingerprint density at radius 2 is 1.94 bits per heavy atom. The van der Waals surface area contributed by atoms with Gasteiger partial charge in [-0.3, -0.25) is 0 Å². The standard InChI is InChI=1S/C10H23N3O2S/c1-4-12-16(14,15)13-7-5-10(6-8-13)9(2)11-3/h9-12H,4-8H2,1-3H3. The Balaban J connectivity index is 2.49. The van der Waals surface area contributed by atoms with E-state index in [4.69, 9.17) is 0 Å². The van der Waals surface area contributed by atoms with E-state index >= 15 is 0 Å². The lowest BCUT2D eigenvalue weighted by Crippen LogP contribution is -2.47. The molecule has 0 aromatic heterocycles. The summed E-state index contributed by atoms with van der Waals surface area (Å²) in [5.74, 6) is 0.582. The van der Waals surface area contributed by atoms with Gasteiger partial charge in [0.25, 0.3) is 10.2 Å². The van der Waals surface area contributed by atoms with Crippen LogP contribution in [0.1, 0.15) is 26.7 Å². The van der Waals surface area contributed by atoms with Crippen LogP contribution in [0.15, 0.2) is 0 Å². The first-order valence-electron chi connectivity index (χ1n) is 5.93. The first kappa shape index (κ1) is 13.9. The van der Waals surface area contributed by atoms with E-state index in [1.807, 2.05) is 7.05 Å². The number of piperidine rings is 1. The smallest absolute Gasteiger partial charge is 0.279 e. The van der Waals surface area contributed by atoms with Gasteiger partial charge in [0.05, 0.1) is 0 Å². The summed E-state index contributed by atoms with van der Waals surface area (Å²) in [4.78, 5) is 0. The van der Waals surface area contributed by atoms with Crippen molar-refractivity contribution in [1.82, 2.24) is 14.3 Å². The van der Waals surface area contributed by atoms with E-state index in [1.54, 1.807) is 11.2 Å². The van der Waals surface area contributed by atoms with E-state index in [9.17, 15) is 8.42 Å². The summed E-state index contributed by atoms with van der Waals surface area (Å²) in [6.45, 7) is 5.67. The molecular weight excluding hydrogens is 226 g/mol. The fourth-order valence-electron chi connectivity index (χ4n) is 2.13. The van der Waals surface area contributed by atoms with Gasteiger partial charge in [-0.1, -0.05) is 6.92 Å². The Morgan fingerprint density at radius 1 is 1.38 bits per heavy atom. The van der Waals surface area contributed by atoms with E-state index in [2.05, 4.69) is 17.0 Å². The van der Waals surface area contributed by atoms with Gasteiger partial charge in [0.1, 0.15) is 0 Å². The van der Waals surface area contributed by atoms with Gasteiger partial charge in [-0.05, 0) is 32.7 Å². The van der Waals surface area contributed by atoms with Crippen molar-refractivity contribution in [3.05, 3.63) is 0 Å². The molecule has 1 saturated heterocycles. The van der Waals surface area contributed by atoms with Crippen LogP contribution in [0.5, 0.6) is 0 Å². The first-order valence-corrected chi connectivity index (χ1v) is 7.37. The van der Waals surface area contributed by atoms with E-state index in [0.29, 0.717) is 31.6 Å². The van der Waals surface area contributed by atoms with E-state index in [0.717, 1.165) is 12.8 Å². The molecule has 1 aliphatic heterocycles.